The molecule has 1 rings (SSSR count). The number of nitrogen functional groups attached to an aromatic ring is 1. The van der Waals surface area contributed by atoms with Crippen LogP contribution in [0.3, 0.4) is 0 Å². The van der Waals surface area contributed by atoms with Gasteiger partial charge in [0, 0.05) is 5.56 Å². The first kappa shape index (κ1) is 10.4. The summed E-state index contributed by atoms with van der Waals surface area (Å²) >= 11 is 0. The molecule has 0 amide bonds. The van der Waals surface area contributed by atoms with E-state index >= 15 is 0 Å². The first-order chi connectivity index (χ1) is 6.61. The Morgan fingerprint density at radius 3 is 2.71 bits per heavy atom. The zero-order valence-corrected chi connectivity index (χ0v) is 7.37. The molecule has 0 fully saturated rings. The van der Waals surface area contributed by atoms with Crippen LogP contribution in [0.2, 0.25) is 0 Å². The number of hydrogen-bond donors (Lipinski definition) is 3. The Morgan fingerprint density at radius 2 is 2.21 bits per heavy atom. The summed E-state index contributed by atoms with van der Waals surface area (Å²) in [7, 11) is 0. The lowest BCUT2D eigenvalue weighted by Crippen LogP contribution is -2.17. The lowest BCUT2D eigenvalue weighted by atomic mass is 10.0. The molecule has 1 aromatic rings. The monoisotopic (exact) mass is 195 g/mol. The average molecular weight is 195 g/mol. The third kappa shape index (κ3) is 1.66. The second-order valence-electron chi connectivity index (χ2n) is 2.83. The van der Waals surface area contributed by atoms with Crippen molar-refractivity contribution in [1.82, 2.24) is 0 Å². The summed E-state index contributed by atoms with van der Waals surface area (Å²) in [5, 5.41) is 17.3. The Morgan fingerprint density at radius 1 is 1.57 bits per heavy atom. The van der Waals surface area contributed by atoms with Gasteiger partial charge in [-0.3, -0.25) is 0 Å². The Kier molecular flexibility index (Phi) is 3.02. The van der Waals surface area contributed by atoms with Gasteiger partial charge >= 0.3 is 0 Å². The summed E-state index contributed by atoms with van der Waals surface area (Å²) in [5.41, 5.74) is 10.7. The summed E-state index contributed by atoms with van der Waals surface area (Å²) in [6.07, 6.45) is 0. The smallest absolute Gasteiger partial charge is 0.147 e. The van der Waals surface area contributed by atoms with Crippen LogP contribution in [0.15, 0.2) is 12.1 Å². The number of aliphatic hydroxyl groups excluding tert-OH is 1. The molecule has 0 bridgehead atoms. The molecule has 0 spiro atoms. The lowest BCUT2D eigenvalue weighted by molar-refractivity contribution is 0.265. The minimum atomic E-state index is -0.831. The van der Waals surface area contributed by atoms with Gasteiger partial charge in [-0.05, 0) is 6.07 Å². The topological polar surface area (TPSA) is 96.1 Å². The minimum Gasteiger partial charge on any atom is -0.398 e. The van der Waals surface area contributed by atoms with Crippen molar-refractivity contribution in [1.29, 1.82) is 5.26 Å². The fraction of sp³-hybridized carbons (Fsp3) is 0.222. The summed E-state index contributed by atoms with van der Waals surface area (Å²) < 4.78 is 13.5. The molecule has 5 heteroatoms. The van der Waals surface area contributed by atoms with Gasteiger partial charge in [-0.2, -0.15) is 5.26 Å². The second-order valence-corrected chi connectivity index (χ2v) is 2.83. The average Bonchev–Trinajstić information content (AvgIpc) is 2.18. The first-order valence-corrected chi connectivity index (χ1v) is 3.96. The van der Waals surface area contributed by atoms with Gasteiger partial charge in [0.2, 0.25) is 0 Å². The van der Waals surface area contributed by atoms with E-state index in [1.807, 2.05) is 0 Å². The van der Waals surface area contributed by atoms with Crippen LogP contribution in [0.4, 0.5) is 10.1 Å². The van der Waals surface area contributed by atoms with Crippen LogP contribution < -0.4 is 11.5 Å². The van der Waals surface area contributed by atoms with E-state index in [-0.39, 0.29) is 23.4 Å². The zero-order valence-electron chi connectivity index (χ0n) is 7.37. The first-order valence-electron chi connectivity index (χ1n) is 3.96. The lowest BCUT2D eigenvalue weighted by Gasteiger charge is -2.11. The Balaban J connectivity index is 3.30. The Hall–Kier alpha value is -1.64. The third-order valence-electron chi connectivity index (χ3n) is 1.91. The molecule has 0 saturated carbocycles. The molecule has 0 aliphatic carbocycles. The fourth-order valence-electron chi connectivity index (χ4n) is 1.11. The molecule has 1 atom stereocenters. The highest BCUT2D eigenvalue weighted by molar-refractivity contribution is 5.56. The maximum atomic E-state index is 13.5. The highest BCUT2D eigenvalue weighted by Gasteiger charge is 2.15. The van der Waals surface area contributed by atoms with Crippen LogP contribution >= 0.6 is 0 Å². The molecule has 0 heterocycles. The van der Waals surface area contributed by atoms with Gasteiger partial charge in [0.15, 0.2) is 0 Å². The van der Waals surface area contributed by atoms with Crippen molar-refractivity contribution >= 4 is 5.69 Å². The van der Waals surface area contributed by atoms with Gasteiger partial charge < -0.3 is 16.6 Å². The highest BCUT2D eigenvalue weighted by atomic mass is 19.1. The van der Waals surface area contributed by atoms with E-state index < -0.39 is 11.9 Å². The molecular formula is C9H10FN3O. The van der Waals surface area contributed by atoms with Crippen molar-refractivity contribution in [3.8, 4) is 6.07 Å². The number of benzene rings is 1. The van der Waals surface area contributed by atoms with Crippen LogP contribution in [-0.2, 0) is 0 Å². The van der Waals surface area contributed by atoms with E-state index in [2.05, 4.69) is 0 Å². The van der Waals surface area contributed by atoms with Crippen LogP contribution in [0.1, 0.15) is 17.2 Å². The standard InChI is InChI=1S/C9H10FN3O/c10-9-5(8(13)4-14)1-2-7(12)6(9)3-11/h1-2,8,14H,4,12-13H2/t8-/m1/s1. The second kappa shape index (κ2) is 4.05. The number of nitriles is 1. The van der Waals surface area contributed by atoms with Crippen molar-refractivity contribution in [2.24, 2.45) is 5.73 Å². The molecule has 14 heavy (non-hydrogen) atoms. The zero-order chi connectivity index (χ0) is 10.7. The van der Waals surface area contributed by atoms with Crippen LogP contribution in [0, 0.1) is 17.1 Å². The SMILES string of the molecule is N#Cc1c(N)ccc([C@H](N)CO)c1F. The normalized spacial score (nSPS) is 12.1. The van der Waals surface area contributed by atoms with Gasteiger partial charge in [0.1, 0.15) is 17.4 Å². The maximum Gasteiger partial charge on any atom is 0.147 e. The number of halogens is 1. The molecule has 0 aliphatic rings. The summed E-state index contributed by atoms with van der Waals surface area (Å²) in [6.45, 7) is -0.383. The summed E-state index contributed by atoms with van der Waals surface area (Å²) in [4.78, 5) is 0. The quantitative estimate of drug-likeness (QED) is 0.590. The molecule has 4 nitrogen and oxygen atoms in total. The van der Waals surface area contributed by atoms with Crippen LogP contribution in [-0.4, -0.2) is 11.7 Å². The predicted octanol–water partition coefficient (Wildman–Crippen LogP) is 0.272. The number of aliphatic hydroxyl groups is 1. The molecular weight excluding hydrogens is 185 g/mol. The van der Waals surface area contributed by atoms with E-state index in [0.717, 1.165) is 0 Å². The molecule has 1 aromatic carbocycles. The van der Waals surface area contributed by atoms with Crippen molar-refractivity contribution < 1.29 is 9.50 Å². The van der Waals surface area contributed by atoms with E-state index in [9.17, 15) is 4.39 Å². The van der Waals surface area contributed by atoms with E-state index in [1.54, 1.807) is 6.07 Å². The van der Waals surface area contributed by atoms with Gasteiger partial charge in [-0.25, -0.2) is 4.39 Å². The number of rotatable bonds is 2. The molecule has 74 valence electrons. The molecule has 0 saturated heterocycles. The van der Waals surface area contributed by atoms with Crippen LogP contribution in [0.5, 0.6) is 0 Å². The van der Waals surface area contributed by atoms with Gasteiger partial charge in [0.05, 0.1) is 18.3 Å². The Bertz CT molecular complexity index is 386. The van der Waals surface area contributed by atoms with Gasteiger partial charge in [-0.15, -0.1) is 0 Å². The highest BCUT2D eigenvalue weighted by Crippen LogP contribution is 2.22. The van der Waals surface area contributed by atoms with Crippen molar-refractivity contribution in [2.75, 3.05) is 12.3 Å². The maximum absolute atomic E-state index is 13.5. The summed E-state index contributed by atoms with van der Waals surface area (Å²) in [6, 6.07) is 3.58. The fourth-order valence-corrected chi connectivity index (χ4v) is 1.11. The number of nitrogens with two attached hydrogens (primary N) is 2. The predicted molar refractivity (Wildman–Crippen MR) is 49.5 cm³/mol. The molecule has 0 radical (unpaired) electrons. The van der Waals surface area contributed by atoms with Crippen molar-refractivity contribution in [2.45, 2.75) is 6.04 Å². The summed E-state index contributed by atoms with van der Waals surface area (Å²) in [5.74, 6) is -0.756. The van der Waals surface area contributed by atoms with E-state index in [1.165, 1.54) is 12.1 Å². The minimum absolute atomic E-state index is 0.0684. The van der Waals surface area contributed by atoms with E-state index in [0.29, 0.717) is 0 Å². The van der Waals surface area contributed by atoms with Gasteiger partial charge in [-0.1, -0.05) is 6.07 Å². The molecule has 5 N–H and O–H groups in total. The Labute approximate surface area is 80.6 Å². The van der Waals surface area contributed by atoms with Gasteiger partial charge in [0.25, 0.3) is 0 Å². The third-order valence-corrected chi connectivity index (χ3v) is 1.91. The number of hydrogen-bond acceptors (Lipinski definition) is 4. The van der Waals surface area contributed by atoms with Crippen molar-refractivity contribution in [3.63, 3.8) is 0 Å². The van der Waals surface area contributed by atoms with Crippen molar-refractivity contribution in [3.05, 3.63) is 29.1 Å². The van der Waals surface area contributed by atoms with E-state index in [4.69, 9.17) is 21.8 Å². The largest absolute Gasteiger partial charge is 0.398 e. The molecule has 0 aromatic heterocycles. The number of anilines is 1. The molecule has 0 unspecified atom stereocenters. The number of nitrogens with zero attached hydrogens (tertiary/aromatic N) is 1. The van der Waals surface area contributed by atoms with Crippen LogP contribution in [0.25, 0.3) is 0 Å². The molecule has 0 aliphatic heterocycles.